The smallest absolute Gasteiger partial charge is 0.267 e. The molecular formula is C24H27N5O3. The number of benzene rings is 1. The van der Waals surface area contributed by atoms with E-state index >= 15 is 0 Å². The highest BCUT2D eigenvalue weighted by Crippen LogP contribution is 2.17. The summed E-state index contributed by atoms with van der Waals surface area (Å²) in [6.07, 6.45) is 3.95. The average Bonchev–Trinajstić information content (AvgIpc) is 2.80. The van der Waals surface area contributed by atoms with E-state index < -0.39 is 6.04 Å². The van der Waals surface area contributed by atoms with Gasteiger partial charge in [0.1, 0.15) is 6.04 Å². The minimum Gasteiger partial charge on any atom is -0.352 e. The van der Waals surface area contributed by atoms with Crippen molar-refractivity contribution in [2.75, 3.05) is 6.54 Å². The summed E-state index contributed by atoms with van der Waals surface area (Å²) >= 11 is 0. The summed E-state index contributed by atoms with van der Waals surface area (Å²) in [4.78, 5) is 37.3. The minimum atomic E-state index is -0.791. The van der Waals surface area contributed by atoms with Crippen molar-refractivity contribution in [2.45, 2.75) is 52.1 Å². The van der Waals surface area contributed by atoms with Gasteiger partial charge in [-0.1, -0.05) is 29.8 Å². The zero-order valence-electron chi connectivity index (χ0n) is 18.4. The molecule has 166 valence electrons. The zero-order valence-corrected chi connectivity index (χ0v) is 18.4. The largest absolute Gasteiger partial charge is 0.352 e. The van der Waals surface area contributed by atoms with Crippen molar-refractivity contribution >= 4 is 5.91 Å². The lowest BCUT2D eigenvalue weighted by molar-refractivity contribution is -0.124. The van der Waals surface area contributed by atoms with E-state index in [2.05, 4.69) is 15.5 Å². The number of rotatable bonds is 6. The Kier molecular flexibility index (Phi) is 6.30. The van der Waals surface area contributed by atoms with Gasteiger partial charge in [0.25, 0.3) is 11.1 Å². The fourth-order valence-corrected chi connectivity index (χ4v) is 3.89. The van der Waals surface area contributed by atoms with E-state index in [0.717, 1.165) is 48.1 Å². The molecule has 0 saturated heterocycles. The van der Waals surface area contributed by atoms with Gasteiger partial charge in [-0.2, -0.15) is 10.2 Å². The molecule has 0 spiro atoms. The number of carbonyl (C=O) groups is 1. The molecular weight excluding hydrogens is 406 g/mol. The third kappa shape index (κ3) is 4.69. The summed E-state index contributed by atoms with van der Waals surface area (Å²) < 4.78 is 2.59. The molecule has 1 aliphatic rings. The summed E-state index contributed by atoms with van der Waals surface area (Å²) in [5.74, 6) is -0.341. The van der Waals surface area contributed by atoms with Crippen molar-refractivity contribution in [3.8, 4) is 11.3 Å². The molecule has 0 aliphatic heterocycles. The lowest BCUT2D eigenvalue weighted by Crippen LogP contribution is -2.39. The zero-order chi connectivity index (χ0) is 22.7. The van der Waals surface area contributed by atoms with E-state index in [-0.39, 0.29) is 30.1 Å². The number of hydrogen-bond donors (Lipinski definition) is 1. The van der Waals surface area contributed by atoms with Crippen molar-refractivity contribution < 1.29 is 4.79 Å². The minimum absolute atomic E-state index is 0.156. The molecule has 1 aromatic carbocycles. The van der Waals surface area contributed by atoms with Gasteiger partial charge in [0.15, 0.2) is 0 Å². The highest BCUT2D eigenvalue weighted by Gasteiger charge is 2.18. The first-order valence-electron chi connectivity index (χ1n) is 11.0. The molecule has 1 amide bonds. The Balaban J connectivity index is 1.43. The number of nitrogens with zero attached hydrogens (tertiary/aromatic N) is 4. The van der Waals surface area contributed by atoms with Gasteiger partial charge in [0.05, 0.1) is 17.9 Å². The van der Waals surface area contributed by atoms with Gasteiger partial charge in [-0.05, 0) is 51.2 Å². The van der Waals surface area contributed by atoms with E-state index in [1.54, 1.807) is 19.1 Å². The van der Waals surface area contributed by atoms with Gasteiger partial charge in [-0.15, -0.1) is 0 Å². The SMILES string of the molecule is Cc1ccc(-c2ccc(=O)n(C(C)C(=O)NCCn3nc4c(cc3=O)CCCC4)n2)cc1. The molecule has 3 aromatic rings. The molecule has 0 saturated carbocycles. The molecule has 32 heavy (non-hydrogen) atoms. The first-order valence-corrected chi connectivity index (χ1v) is 11.0. The molecule has 1 N–H and O–H groups in total. The van der Waals surface area contributed by atoms with Gasteiger partial charge in [0, 0.05) is 24.2 Å². The second-order valence-electron chi connectivity index (χ2n) is 8.22. The maximum Gasteiger partial charge on any atom is 0.267 e. The Morgan fingerprint density at radius 2 is 1.78 bits per heavy atom. The maximum absolute atomic E-state index is 12.7. The van der Waals surface area contributed by atoms with Crippen LogP contribution >= 0.6 is 0 Å². The second kappa shape index (κ2) is 9.30. The van der Waals surface area contributed by atoms with E-state index in [9.17, 15) is 14.4 Å². The fourth-order valence-electron chi connectivity index (χ4n) is 3.89. The van der Waals surface area contributed by atoms with Gasteiger partial charge in [0.2, 0.25) is 5.91 Å². The van der Waals surface area contributed by atoms with Crippen LogP contribution in [0.25, 0.3) is 11.3 Å². The molecule has 8 heteroatoms. The van der Waals surface area contributed by atoms with Crippen LogP contribution < -0.4 is 16.4 Å². The Morgan fingerprint density at radius 1 is 1.03 bits per heavy atom. The van der Waals surface area contributed by atoms with Crippen LogP contribution in [0.1, 0.15) is 42.6 Å². The third-order valence-corrected chi connectivity index (χ3v) is 5.82. The van der Waals surface area contributed by atoms with Crippen molar-refractivity contribution in [1.82, 2.24) is 24.9 Å². The molecule has 1 aliphatic carbocycles. The summed E-state index contributed by atoms with van der Waals surface area (Å²) in [6, 6.07) is 11.7. The maximum atomic E-state index is 12.7. The number of aromatic nitrogens is 4. The Hall–Kier alpha value is -3.55. The van der Waals surface area contributed by atoms with Crippen molar-refractivity contribution in [2.24, 2.45) is 0 Å². The van der Waals surface area contributed by atoms with E-state index in [1.165, 1.54) is 15.4 Å². The van der Waals surface area contributed by atoms with Crippen molar-refractivity contribution in [1.29, 1.82) is 0 Å². The van der Waals surface area contributed by atoms with E-state index in [0.29, 0.717) is 5.69 Å². The summed E-state index contributed by atoms with van der Waals surface area (Å²) in [7, 11) is 0. The lowest BCUT2D eigenvalue weighted by atomic mass is 9.97. The highest BCUT2D eigenvalue weighted by atomic mass is 16.2. The number of amides is 1. The van der Waals surface area contributed by atoms with Crippen LogP contribution in [0.4, 0.5) is 0 Å². The topological polar surface area (TPSA) is 98.9 Å². The van der Waals surface area contributed by atoms with Crippen LogP contribution in [-0.2, 0) is 24.2 Å². The first-order chi connectivity index (χ1) is 15.4. The summed E-state index contributed by atoms with van der Waals surface area (Å²) in [5.41, 5.74) is 4.12. The molecule has 0 bridgehead atoms. The quantitative estimate of drug-likeness (QED) is 0.641. The van der Waals surface area contributed by atoms with Crippen molar-refractivity contribution in [3.05, 3.63) is 80.0 Å². The fraction of sp³-hybridized carbons (Fsp3) is 0.375. The summed E-state index contributed by atoms with van der Waals surface area (Å²) in [5, 5.41) is 11.7. The predicted molar refractivity (Wildman–Crippen MR) is 122 cm³/mol. The molecule has 0 fully saturated rings. The van der Waals surface area contributed by atoms with Crippen molar-refractivity contribution in [3.63, 3.8) is 0 Å². The predicted octanol–water partition coefficient (Wildman–Crippen LogP) is 2.03. The second-order valence-corrected chi connectivity index (χ2v) is 8.22. The normalized spacial score (nSPS) is 13.9. The Bertz CT molecular complexity index is 1240. The van der Waals surface area contributed by atoms with Crippen LogP contribution in [0.15, 0.2) is 52.1 Å². The number of carbonyl (C=O) groups excluding carboxylic acids is 1. The lowest BCUT2D eigenvalue weighted by Gasteiger charge is -2.17. The standard InChI is InChI=1S/C24H27N5O3/c1-16-7-9-18(10-8-16)21-11-12-22(30)29(27-21)17(2)24(32)25-13-14-28-23(31)15-19-5-3-4-6-20(19)26-28/h7-12,15,17H,3-6,13-14H2,1-2H3,(H,25,32). The molecule has 8 nitrogen and oxygen atoms in total. The molecule has 0 radical (unpaired) electrons. The van der Waals surface area contributed by atoms with Crippen LogP contribution in [-0.4, -0.2) is 32.0 Å². The van der Waals surface area contributed by atoms with Crippen LogP contribution in [0.2, 0.25) is 0 Å². The van der Waals surface area contributed by atoms with E-state index in [4.69, 9.17) is 0 Å². The third-order valence-electron chi connectivity index (χ3n) is 5.82. The molecule has 4 rings (SSSR count). The monoisotopic (exact) mass is 433 g/mol. The van der Waals surface area contributed by atoms with Gasteiger partial charge >= 0.3 is 0 Å². The van der Waals surface area contributed by atoms with Gasteiger partial charge in [-0.25, -0.2) is 9.36 Å². The Morgan fingerprint density at radius 3 is 2.56 bits per heavy atom. The number of aryl methyl sites for hydroxylation is 3. The molecule has 1 atom stereocenters. The number of hydrogen-bond acceptors (Lipinski definition) is 5. The first kappa shape index (κ1) is 21.7. The van der Waals surface area contributed by atoms with Crippen LogP contribution in [0.5, 0.6) is 0 Å². The Labute approximate surface area is 185 Å². The molecule has 2 heterocycles. The van der Waals surface area contributed by atoms with Gasteiger partial charge in [-0.3, -0.25) is 14.4 Å². The van der Waals surface area contributed by atoms with Gasteiger partial charge < -0.3 is 5.32 Å². The van der Waals surface area contributed by atoms with Crippen LogP contribution in [0, 0.1) is 6.92 Å². The number of nitrogens with one attached hydrogen (secondary N) is 1. The molecule has 1 unspecified atom stereocenters. The average molecular weight is 434 g/mol. The van der Waals surface area contributed by atoms with E-state index in [1.807, 2.05) is 31.2 Å². The van der Waals surface area contributed by atoms with Crippen LogP contribution in [0.3, 0.4) is 0 Å². The summed E-state index contributed by atoms with van der Waals surface area (Å²) in [6.45, 7) is 4.14. The number of fused-ring (bicyclic) bond motifs is 1. The molecule has 2 aromatic heterocycles. The highest BCUT2D eigenvalue weighted by molar-refractivity contribution is 5.79.